The highest BCUT2D eigenvalue weighted by Crippen LogP contribution is 2.23. The van der Waals surface area contributed by atoms with Crippen LogP contribution in [0.1, 0.15) is 68.1 Å². The number of aryl methyl sites for hydroxylation is 1. The topological polar surface area (TPSA) is 85.8 Å². The van der Waals surface area contributed by atoms with Gasteiger partial charge in [0.05, 0.1) is 6.04 Å². The fraction of sp³-hybridized carbons (Fsp3) is 0.474. The van der Waals surface area contributed by atoms with Crippen molar-refractivity contribution < 1.29 is 9.21 Å². The monoisotopic (exact) mass is 355 g/mol. The largest absolute Gasteiger partial charge is 0.440 e. The van der Waals surface area contributed by atoms with Crippen molar-refractivity contribution >= 4 is 17.0 Å². The van der Waals surface area contributed by atoms with Gasteiger partial charge < -0.3 is 9.73 Å². The van der Waals surface area contributed by atoms with E-state index in [0.29, 0.717) is 28.5 Å². The molecule has 3 aromatic rings. The zero-order valence-corrected chi connectivity index (χ0v) is 15.9. The third-order valence-electron chi connectivity index (χ3n) is 4.23. The van der Waals surface area contributed by atoms with Crippen LogP contribution in [0.4, 0.5) is 0 Å². The van der Waals surface area contributed by atoms with Crippen molar-refractivity contribution in [2.45, 2.75) is 46.1 Å². The number of oxazole rings is 1. The second kappa shape index (κ2) is 7.27. The molecule has 7 nitrogen and oxygen atoms in total. The maximum absolute atomic E-state index is 12.8. The SMILES string of the molecule is CC(C)C[C@H](NC(=O)c1ccc2oc(C(C)C)nc2c1)c1ncnn1C. The number of fused-ring (bicyclic) bond motifs is 1. The Morgan fingerprint density at radius 2 is 2.04 bits per heavy atom. The Morgan fingerprint density at radius 1 is 1.27 bits per heavy atom. The van der Waals surface area contributed by atoms with E-state index in [0.717, 1.165) is 12.2 Å². The lowest BCUT2D eigenvalue weighted by Gasteiger charge is -2.19. The molecule has 0 radical (unpaired) electrons. The van der Waals surface area contributed by atoms with Crippen molar-refractivity contribution in [1.29, 1.82) is 0 Å². The number of amides is 1. The number of benzene rings is 1. The summed E-state index contributed by atoms with van der Waals surface area (Å²) in [5, 5.41) is 7.20. The number of nitrogens with one attached hydrogen (secondary N) is 1. The molecule has 1 atom stereocenters. The second-order valence-corrected chi connectivity index (χ2v) is 7.29. The molecule has 0 aliphatic carbocycles. The zero-order chi connectivity index (χ0) is 18.8. The summed E-state index contributed by atoms with van der Waals surface area (Å²) in [6.45, 7) is 8.28. The van der Waals surface area contributed by atoms with Crippen LogP contribution in [-0.2, 0) is 7.05 Å². The summed E-state index contributed by atoms with van der Waals surface area (Å²) in [5.74, 6) is 1.87. The van der Waals surface area contributed by atoms with Crippen LogP contribution in [0.3, 0.4) is 0 Å². The number of rotatable bonds is 6. The number of hydrogen-bond acceptors (Lipinski definition) is 5. The molecular formula is C19H25N5O2. The van der Waals surface area contributed by atoms with Gasteiger partial charge in [0, 0.05) is 18.5 Å². The first-order valence-corrected chi connectivity index (χ1v) is 8.90. The van der Waals surface area contributed by atoms with Gasteiger partial charge in [0.15, 0.2) is 11.5 Å². The number of carbonyl (C=O) groups is 1. The van der Waals surface area contributed by atoms with Gasteiger partial charge in [-0.2, -0.15) is 5.10 Å². The number of hydrogen-bond donors (Lipinski definition) is 1. The van der Waals surface area contributed by atoms with Crippen LogP contribution in [0, 0.1) is 5.92 Å². The summed E-state index contributed by atoms with van der Waals surface area (Å²) >= 11 is 0. The predicted octanol–water partition coefficient (Wildman–Crippen LogP) is 3.60. The quantitative estimate of drug-likeness (QED) is 0.730. The van der Waals surface area contributed by atoms with Crippen molar-refractivity contribution in [3.8, 4) is 0 Å². The molecule has 2 heterocycles. The Labute approximate surface area is 152 Å². The normalized spacial score (nSPS) is 12.9. The molecule has 1 amide bonds. The molecule has 1 aromatic carbocycles. The van der Waals surface area contributed by atoms with Crippen LogP contribution >= 0.6 is 0 Å². The summed E-state index contributed by atoms with van der Waals surface area (Å²) < 4.78 is 7.41. The van der Waals surface area contributed by atoms with E-state index in [2.05, 4.69) is 34.2 Å². The van der Waals surface area contributed by atoms with E-state index >= 15 is 0 Å². The summed E-state index contributed by atoms with van der Waals surface area (Å²) in [7, 11) is 1.83. The lowest BCUT2D eigenvalue weighted by molar-refractivity contribution is 0.0929. The standard InChI is InChI=1S/C19H25N5O2/c1-11(2)8-15(17-20-10-21-24(17)5)22-18(25)13-6-7-16-14(9-13)23-19(26-16)12(3)4/h6-7,9-12,15H,8H2,1-5H3,(H,22,25)/t15-/m0/s1. The van der Waals surface area contributed by atoms with E-state index in [-0.39, 0.29) is 17.9 Å². The number of aromatic nitrogens is 4. The fourth-order valence-corrected chi connectivity index (χ4v) is 2.90. The van der Waals surface area contributed by atoms with Crippen molar-refractivity contribution in [3.05, 3.63) is 41.8 Å². The van der Waals surface area contributed by atoms with E-state index in [9.17, 15) is 4.79 Å². The van der Waals surface area contributed by atoms with Gasteiger partial charge in [0.1, 0.15) is 17.7 Å². The van der Waals surface area contributed by atoms with E-state index < -0.39 is 0 Å². The zero-order valence-electron chi connectivity index (χ0n) is 15.9. The predicted molar refractivity (Wildman–Crippen MR) is 98.8 cm³/mol. The van der Waals surface area contributed by atoms with Crippen LogP contribution in [0.25, 0.3) is 11.1 Å². The first kappa shape index (κ1) is 18.1. The summed E-state index contributed by atoms with van der Waals surface area (Å²) in [5.41, 5.74) is 1.94. The van der Waals surface area contributed by atoms with Crippen molar-refractivity contribution in [3.63, 3.8) is 0 Å². The Balaban J connectivity index is 1.85. The van der Waals surface area contributed by atoms with Crippen LogP contribution in [0.2, 0.25) is 0 Å². The van der Waals surface area contributed by atoms with Gasteiger partial charge in [-0.05, 0) is 30.5 Å². The third kappa shape index (κ3) is 3.76. The Morgan fingerprint density at radius 3 is 2.65 bits per heavy atom. The number of carbonyl (C=O) groups excluding carboxylic acids is 1. The maximum Gasteiger partial charge on any atom is 0.251 e. The molecule has 0 saturated carbocycles. The Bertz CT molecular complexity index is 910. The van der Waals surface area contributed by atoms with Gasteiger partial charge in [-0.25, -0.2) is 9.97 Å². The van der Waals surface area contributed by atoms with Crippen molar-refractivity contribution in [2.24, 2.45) is 13.0 Å². The smallest absolute Gasteiger partial charge is 0.251 e. The summed E-state index contributed by atoms with van der Waals surface area (Å²) in [6.07, 6.45) is 2.28. The van der Waals surface area contributed by atoms with Gasteiger partial charge in [-0.1, -0.05) is 27.7 Å². The first-order chi connectivity index (χ1) is 12.3. The average Bonchev–Trinajstić information content (AvgIpc) is 3.18. The highest BCUT2D eigenvalue weighted by atomic mass is 16.3. The highest BCUT2D eigenvalue weighted by molar-refractivity contribution is 5.97. The second-order valence-electron chi connectivity index (χ2n) is 7.29. The third-order valence-corrected chi connectivity index (χ3v) is 4.23. The van der Waals surface area contributed by atoms with E-state index in [1.165, 1.54) is 6.33 Å². The molecule has 3 rings (SSSR count). The minimum atomic E-state index is -0.200. The molecule has 0 bridgehead atoms. The first-order valence-electron chi connectivity index (χ1n) is 8.90. The van der Waals surface area contributed by atoms with Crippen molar-refractivity contribution in [1.82, 2.24) is 25.1 Å². The molecule has 138 valence electrons. The van der Waals surface area contributed by atoms with Gasteiger partial charge >= 0.3 is 0 Å². The molecule has 0 aliphatic rings. The minimum absolute atomic E-state index is 0.158. The molecule has 7 heteroatoms. The van der Waals surface area contributed by atoms with Gasteiger partial charge in [-0.15, -0.1) is 0 Å². The average molecular weight is 355 g/mol. The molecule has 0 spiro atoms. The Hall–Kier alpha value is -2.70. The highest BCUT2D eigenvalue weighted by Gasteiger charge is 2.22. The molecule has 0 aliphatic heterocycles. The van der Waals surface area contributed by atoms with E-state index in [1.54, 1.807) is 22.9 Å². The summed E-state index contributed by atoms with van der Waals surface area (Å²) in [4.78, 5) is 21.6. The molecule has 1 N–H and O–H groups in total. The summed E-state index contributed by atoms with van der Waals surface area (Å²) in [6, 6.07) is 5.12. The van der Waals surface area contributed by atoms with E-state index in [1.807, 2.05) is 20.9 Å². The molecular weight excluding hydrogens is 330 g/mol. The lowest BCUT2D eigenvalue weighted by atomic mass is 10.0. The van der Waals surface area contributed by atoms with Crippen LogP contribution in [-0.4, -0.2) is 25.7 Å². The maximum atomic E-state index is 12.8. The molecule has 0 fully saturated rings. The molecule has 2 aromatic heterocycles. The lowest BCUT2D eigenvalue weighted by Crippen LogP contribution is -2.31. The van der Waals surface area contributed by atoms with Gasteiger partial charge in [0.2, 0.25) is 0 Å². The molecule has 0 unspecified atom stereocenters. The minimum Gasteiger partial charge on any atom is -0.440 e. The van der Waals surface area contributed by atoms with Crippen molar-refractivity contribution in [2.75, 3.05) is 0 Å². The van der Waals surface area contributed by atoms with Crippen LogP contribution in [0.5, 0.6) is 0 Å². The molecule has 26 heavy (non-hydrogen) atoms. The molecule has 0 saturated heterocycles. The van der Waals surface area contributed by atoms with Gasteiger partial charge in [-0.3, -0.25) is 9.48 Å². The fourth-order valence-electron chi connectivity index (χ4n) is 2.90. The van der Waals surface area contributed by atoms with E-state index in [4.69, 9.17) is 4.42 Å². The van der Waals surface area contributed by atoms with Crippen LogP contribution < -0.4 is 5.32 Å². The Kier molecular flexibility index (Phi) is 5.06. The number of nitrogens with zero attached hydrogens (tertiary/aromatic N) is 4. The van der Waals surface area contributed by atoms with Crippen LogP contribution in [0.15, 0.2) is 28.9 Å². The van der Waals surface area contributed by atoms with Gasteiger partial charge in [0.25, 0.3) is 5.91 Å².